The molecule has 17 nitrogen and oxygen atoms in total. The number of aliphatic hydroxyl groups is 1. The van der Waals surface area contributed by atoms with E-state index < -0.39 is 119 Å². The summed E-state index contributed by atoms with van der Waals surface area (Å²) < 4.78 is 48.5. The molecule has 0 aliphatic heterocycles. The second-order valence-electron chi connectivity index (χ2n) is 16.2. The summed E-state index contributed by atoms with van der Waals surface area (Å²) in [4.78, 5) is 111. The maximum absolute atomic E-state index is 14.4. The zero-order chi connectivity index (χ0) is 44.3. The molecule has 2 saturated carbocycles. The number of alkyl halides is 3. The zero-order valence-corrected chi connectivity index (χ0v) is 33.1. The van der Waals surface area contributed by atoms with Crippen molar-refractivity contribution in [3.8, 4) is 5.75 Å². The van der Waals surface area contributed by atoms with Gasteiger partial charge in [0, 0.05) is 31.2 Å². The van der Waals surface area contributed by atoms with E-state index in [0.29, 0.717) is 17.8 Å². The molecular weight excluding hydrogens is 787 g/mol. The van der Waals surface area contributed by atoms with Gasteiger partial charge in [0.15, 0.2) is 34.7 Å². The van der Waals surface area contributed by atoms with E-state index in [2.05, 4.69) is 5.32 Å². The monoisotopic (exact) mass is 831 g/mol. The maximum Gasteiger partial charge on any atom is 0.416 e. The highest BCUT2D eigenvalue weighted by molar-refractivity contribution is 6.32. The number of fused-ring (bicyclic) bond motifs is 3. The number of esters is 1. The summed E-state index contributed by atoms with van der Waals surface area (Å²) in [6.45, 7) is 2.95. The molecule has 2 unspecified atom stereocenters. The molecule has 3 amide bonds. The molecule has 59 heavy (non-hydrogen) atoms. The van der Waals surface area contributed by atoms with Crippen molar-refractivity contribution in [3.63, 3.8) is 0 Å². The second kappa shape index (κ2) is 15.7. The molecule has 5 N–H and O–H groups in total. The van der Waals surface area contributed by atoms with Gasteiger partial charge in [0.05, 0.1) is 34.3 Å². The first-order valence-electron chi connectivity index (χ1n) is 18.2. The van der Waals surface area contributed by atoms with Crippen LogP contribution >= 0.6 is 0 Å². The smallest absolute Gasteiger partial charge is 0.416 e. The Balaban J connectivity index is 1.38. The Morgan fingerprint density at radius 2 is 1.58 bits per heavy atom. The average molecular weight is 832 g/mol. The van der Waals surface area contributed by atoms with Gasteiger partial charge in [0.2, 0.25) is 18.6 Å². The molecule has 3 aliphatic carbocycles. The molecule has 2 fully saturated rings. The number of hydrogen-bond acceptors (Lipinski definition) is 14. The fourth-order valence-corrected chi connectivity index (χ4v) is 8.15. The standard InChI is InChI=1S/C39H44F3N5O12/c1-37(2,3)47(36(56)59-16-58-35(55)17-8-10-19(11-9-17)39(40,41)42)15-24(48)44-22-14-23(45(4)5)20-12-18-13-21-28(46(6)7)31(51)27(34(43)54)33(53)38(21,57)32(52)25(18)30(50)26(20)29(22)49/h8-11,14,18,21,25,27-28,49,57H,12-13,15-16H2,1-7H3,(H2,43,54)(H,44,48)/t18-,21-,25?,27?,28-,38-/m0/s1. The molecule has 2 aromatic rings. The molecule has 3 aliphatic rings. The predicted molar refractivity (Wildman–Crippen MR) is 199 cm³/mol. The van der Waals surface area contributed by atoms with Crippen molar-refractivity contribution in [2.45, 2.75) is 57.0 Å². The number of phenolic OH excluding ortho intramolecular Hbond substituents is 1. The number of benzene rings is 2. The van der Waals surface area contributed by atoms with Gasteiger partial charge in [0.1, 0.15) is 12.3 Å². The van der Waals surface area contributed by atoms with E-state index >= 15 is 0 Å². The highest BCUT2D eigenvalue weighted by atomic mass is 19.4. The third kappa shape index (κ3) is 7.97. The van der Waals surface area contributed by atoms with Gasteiger partial charge >= 0.3 is 18.2 Å². The number of carbonyl (C=O) groups is 8. The number of amides is 3. The normalized spacial score (nSPS) is 24.1. The minimum Gasteiger partial charge on any atom is -0.505 e. The first-order valence-corrected chi connectivity index (χ1v) is 18.2. The third-order valence-electron chi connectivity index (χ3n) is 10.9. The quantitative estimate of drug-likeness (QED) is 0.122. The van der Waals surface area contributed by atoms with Gasteiger partial charge in [-0.05, 0) is 89.5 Å². The van der Waals surface area contributed by atoms with Crippen LogP contribution in [0, 0.1) is 23.7 Å². The molecule has 0 bridgehead atoms. The Morgan fingerprint density at radius 1 is 0.966 bits per heavy atom. The topological polar surface area (TPSA) is 243 Å². The van der Waals surface area contributed by atoms with Crippen molar-refractivity contribution in [2.24, 2.45) is 29.4 Å². The molecule has 6 atom stereocenters. The van der Waals surface area contributed by atoms with E-state index in [9.17, 15) is 61.7 Å². The summed E-state index contributed by atoms with van der Waals surface area (Å²) in [5, 5.41) is 25.9. The van der Waals surface area contributed by atoms with Crippen LogP contribution in [0.4, 0.5) is 29.3 Å². The van der Waals surface area contributed by atoms with Gasteiger partial charge in [-0.25, -0.2) is 9.59 Å². The number of ether oxygens (including phenoxy) is 2. The SMILES string of the molecule is CN(C)c1cc(NC(=O)CN(C(=O)OCOC(=O)c2ccc(C(F)(F)F)cc2)C(C)(C)C)c(O)c2c1C[C@H]1C[C@H]3[C@H](N(C)C)C(=O)C(C(N)=O)C(=O)[C@@]3(O)C(=O)C1C2=O. The van der Waals surface area contributed by atoms with Crippen LogP contribution in [0.5, 0.6) is 5.75 Å². The number of ketones is 4. The maximum atomic E-state index is 14.4. The molecule has 20 heteroatoms. The first-order chi connectivity index (χ1) is 27.2. The molecule has 0 saturated heterocycles. The molecule has 0 heterocycles. The summed E-state index contributed by atoms with van der Waals surface area (Å²) in [5.74, 6) is -14.6. The summed E-state index contributed by atoms with van der Waals surface area (Å²) >= 11 is 0. The fraction of sp³-hybridized carbons (Fsp3) is 0.487. The Morgan fingerprint density at radius 3 is 2.10 bits per heavy atom. The van der Waals surface area contributed by atoms with E-state index in [4.69, 9.17) is 15.2 Å². The van der Waals surface area contributed by atoms with Crippen LogP contribution in [0.1, 0.15) is 59.0 Å². The van der Waals surface area contributed by atoms with Gasteiger partial charge < -0.3 is 35.6 Å². The van der Waals surface area contributed by atoms with Crippen molar-refractivity contribution < 1.29 is 71.2 Å². The number of nitrogens with zero attached hydrogens (tertiary/aromatic N) is 3. The van der Waals surface area contributed by atoms with Crippen LogP contribution in [0.25, 0.3) is 0 Å². The Kier molecular flexibility index (Phi) is 11.8. The summed E-state index contributed by atoms with van der Waals surface area (Å²) in [6.07, 6.45) is -5.97. The summed E-state index contributed by atoms with van der Waals surface area (Å²) in [7, 11) is 6.18. The number of aromatic hydroxyl groups is 1. The fourth-order valence-electron chi connectivity index (χ4n) is 8.15. The number of primary amides is 1. The van der Waals surface area contributed by atoms with Gasteiger partial charge in [-0.15, -0.1) is 0 Å². The lowest BCUT2D eigenvalue weighted by atomic mass is 9.52. The largest absolute Gasteiger partial charge is 0.505 e. The van der Waals surface area contributed by atoms with E-state index in [-0.39, 0.29) is 35.2 Å². The van der Waals surface area contributed by atoms with Crippen LogP contribution < -0.4 is 16.0 Å². The van der Waals surface area contributed by atoms with E-state index in [1.54, 1.807) is 39.8 Å². The van der Waals surface area contributed by atoms with E-state index in [1.807, 2.05) is 0 Å². The van der Waals surface area contributed by atoms with Crippen molar-refractivity contribution in [1.82, 2.24) is 9.80 Å². The van der Waals surface area contributed by atoms with Crippen molar-refractivity contribution in [3.05, 3.63) is 52.6 Å². The first kappa shape index (κ1) is 44.2. The molecule has 0 radical (unpaired) electrons. The number of phenols is 1. The van der Waals surface area contributed by atoms with Crippen molar-refractivity contribution in [1.29, 1.82) is 0 Å². The van der Waals surface area contributed by atoms with Gasteiger partial charge in [-0.3, -0.25) is 38.6 Å². The highest BCUT2D eigenvalue weighted by Gasteiger charge is 2.69. The Labute approximate surface area is 335 Å². The van der Waals surface area contributed by atoms with Crippen LogP contribution in [0.15, 0.2) is 30.3 Å². The number of halogens is 3. The molecule has 0 aromatic heterocycles. The van der Waals surface area contributed by atoms with Crippen molar-refractivity contribution in [2.75, 3.05) is 51.7 Å². The number of hydrogen-bond donors (Lipinski definition) is 4. The summed E-state index contributed by atoms with van der Waals surface area (Å²) in [6, 6.07) is 3.22. The van der Waals surface area contributed by atoms with Crippen LogP contribution in [0.3, 0.4) is 0 Å². The lowest BCUT2D eigenvalue weighted by Gasteiger charge is -2.52. The van der Waals surface area contributed by atoms with Gasteiger partial charge in [-0.2, -0.15) is 13.2 Å². The summed E-state index contributed by atoms with van der Waals surface area (Å²) in [5.41, 5.74) is 0.0333. The van der Waals surface area contributed by atoms with Crippen LogP contribution in [-0.4, -0.2) is 126 Å². The van der Waals surface area contributed by atoms with E-state index in [1.165, 1.54) is 25.1 Å². The Hall–Kier alpha value is -5.89. The number of carbonyl (C=O) groups excluding carboxylic acids is 8. The molecule has 0 spiro atoms. The molecule has 5 rings (SSSR count). The number of nitrogens with one attached hydrogen (secondary N) is 1. The van der Waals surface area contributed by atoms with Crippen LogP contribution in [-0.2, 0) is 46.0 Å². The number of likely N-dealkylation sites (N-methyl/N-ethyl adjacent to an activating group) is 1. The number of nitrogens with two attached hydrogens (primary N) is 1. The minimum absolute atomic E-state index is 0.0335. The van der Waals surface area contributed by atoms with Crippen molar-refractivity contribution >= 4 is 58.4 Å². The highest BCUT2D eigenvalue weighted by Crippen LogP contribution is 2.53. The number of rotatable bonds is 9. The minimum atomic E-state index is -4.63. The Bertz CT molecular complexity index is 2130. The predicted octanol–water partition coefficient (Wildman–Crippen LogP) is 1.94. The lowest BCUT2D eigenvalue weighted by Crippen LogP contribution is -2.74. The van der Waals surface area contributed by atoms with E-state index in [0.717, 1.165) is 17.0 Å². The average Bonchev–Trinajstić information content (AvgIpc) is 3.11. The second-order valence-corrected chi connectivity index (χ2v) is 16.2. The zero-order valence-electron chi connectivity index (χ0n) is 33.1. The van der Waals surface area contributed by atoms with Gasteiger partial charge in [-0.1, -0.05) is 0 Å². The number of anilines is 2. The van der Waals surface area contributed by atoms with Crippen LogP contribution in [0.2, 0.25) is 0 Å². The van der Waals surface area contributed by atoms with Gasteiger partial charge in [0.25, 0.3) is 0 Å². The molecule has 2 aromatic carbocycles. The molecular formula is C39H44F3N5O12. The lowest BCUT2D eigenvalue weighted by molar-refractivity contribution is -0.181. The number of Topliss-reactive ketones (excluding diaryl/α,β-unsaturated/α-hetero) is 4. The third-order valence-corrected chi connectivity index (χ3v) is 10.9. The molecule has 318 valence electrons.